The summed E-state index contributed by atoms with van der Waals surface area (Å²) in [4.78, 5) is 12.3. The third-order valence-electron chi connectivity index (χ3n) is 8.21. The van der Waals surface area contributed by atoms with E-state index in [1.807, 2.05) is 0 Å². The highest BCUT2D eigenvalue weighted by Crippen LogP contribution is 2.16. The van der Waals surface area contributed by atoms with Gasteiger partial charge in [-0.25, -0.2) is 0 Å². The zero-order valence-electron chi connectivity index (χ0n) is 26.3. The highest BCUT2D eigenvalue weighted by atomic mass is 16.3. The highest BCUT2D eigenvalue weighted by molar-refractivity contribution is 5.76. The summed E-state index contributed by atoms with van der Waals surface area (Å²) in [7, 11) is 0. The molecule has 0 heterocycles. The first-order chi connectivity index (χ1) is 19.1. The average molecular weight is 556 g/mol. The third kappa shape index (κ3) is 26.0. The van der Waals surface area contributed by atoms with Gasteiger partial charge in [-0.05, 0) is 12.8 Å². The highest BCUT2D eigenvalue weighted by Gasteiger charge is 2.26. The molecule has 0 aromatic rings. The van der Waals surface area contributed by atoms with Crippen LogP contribution < -0.4 is 5.32 Å². The van der Waals surface area contributed by atoms with Crippen molar-refractivity contribution in [2.45, 2.75) is 205 Å². The van der Waals surface area contributed by atoms with Gasteiger partial charge in [-0.2, -0.15) is 0 Å². The number of unbranched alkanes of at least 4 members (excludes halogenated alkanes) is 23. The van der Waals surface area contributed by atoms with Gasteiger partial charge in [0.2, 0.25) is 5.91 Å². The summed E-state index contributed by atoms with van der Waals surface area (Å²) in [5, 5.41) is 33.3. The normalized spacial score (nSPS) is 13.9. The van der Waals surface area contributed by atoms with E-state index in [1.165, 1.54) is 128 Å². The Balaban J connectivity index is 3.69. The van der Waals surface area contributed by atoms with Gasteiger partial charge >= 0.3 is 0 Å². The van der Waals surface area contributed by atoms with Crippen molar-refractivity contribution in [1.82, 2.24) is 5.32 Å². The van der Waals surface area contributed by atoms with Crippen molar-refractivity contribution in [1.29, 1.82) is 0 Å². The van der Waals surface area contributed by atoms with Crippen LogP contribution in [0.5, 0.6) is 0 Å². The Morgan fingerprint density at radius 3 is 1.23 bits per heavy atom. The van der Waals surface area contributed by atoms with E-state index in [0.717, 1.165) is 32.1 Å². The molecule has 0 radical (unpaired) electrons. The number of aliphatic hydroxyl groups is 3. The van der Waals surface area contributed by atoms with E-state index in [4.69, 9.17) is 0 Å². The fourth-order valence-corrected chi connectivity index (χ4v) is 5.45. The molecule has 4 N–H and O–H groups in total. The molecule has 0 aromatic carbocycles. The quantitative estimate of drug-likeness (QED) is 0.0644. The van der Waals surface area contributed by atoms with Gasteiger partial charge in [0, 0.05) is 6.42 Å². The first kappa shape index (κ1) is 38.4. The largest absolute Gasteiger partial charge is 0.394 e. The standard InChI is InChI=1S/C34H69NO4/c1-3-5-7-9-11-13-15-17-18-20-22-24-26-28-32(37)34(39)31(30-36)35-33(38)29-27-25-23-21-19-16-14-12-10-8-6-4-2/h31-32,34,36-37,39H,3-30H2,1-2H3,(H,35,38)/t31-,32+,34-/m0/s1. The van der Waals surface area contributed by atoms with Crippen LogP contribution in [0.4, 0.5) is 0 Å². The summed E-state index contributed by atoms with van der Waals surface area (Å²) < 4.78 is 0. The molecule has 0 fully saturated rings. The molecule has 0 aliphatic heterocycles. The van der Waals surface area contributed by atoms with Crippen LogP contribution in [0.1, 0.15) is 187 Å². The van der Waals surface area contributed by atoms with Crippen LogP contribution in [0, 0.1) is 0 Å². The van der Waals surface area contributed by atoms with Crippen LogP contribution in [0.15, 0.2) is 0 Å². The smallest absolute Gasteiger partial charge is 0.220 e. The lowest BCUT2D eigenvalue weighted by Gasteiger charge is -2.26. The van der Waals surface area contributed by atoms with Crippen molar-refractivity contribution in [2.24, 2.45) is 0 Å². The third-order valence-corrected chi connectivity index (χ3v) is 8.21. The van der Waals surface area contributed by atoms with Crippen molar-refractivity contribution in [3.8, 4) is 0 Å². The lowest BCUT2D eigenvalue weighted by Crippen LogP contribution is -2.50. The number of rotatable bonds is 31. The number of nitrogens with one attached hydrogen (secondary N) is 1. The Kier molecular flexibility index (Phi) is 29.8. The predicted molar refractivity (Wildman–Crippen MR) is 167 cm³/mol. The van der Waals surface area contributed by atoms with Gasteiger partial charge in [0.15, 0.2) is 0 Å². The minimum Gasteiger partial charge on any atom is -0.394 e. The Labute approximate surface area is 243 Å². The summed E-state index contributed by atoms with van der Waals surface area (Å²) in [6, 6.07) is -0.799. The fraction of sp³-hybridized carbons (Fsp3) is 0.971. The molecule has 0 spiro atoms. The van der Waals surface area contributed by atoms with Gasteiger partial charge in [-0.3, -0.25) is 4.79 Å². The Morgan fingerprint density at radius 2 is 0.872 bits per heavy atom. The van der Waals surface area contributed by atoms with Crippen LogP contribution in [-0.2, 0) is 4.79 Å². The molecule has 234 valence electrons. The number of amides is 1. The molecule has 0 unspecified atom stereocenters. The van der Waals surface area contributed by atoms with Crippen molar-refractivity contribution >= 4 is 5.91 Å². The molecular formula is C34H69NO4. The molecule has 3 atom stereocenters. The molecule has 0 bridgehead atoms. The summed E-state index contributed by atoms with van der Waals surface area (Å²) >= 11 is 0. The summed E-state index contributed by atoms with van der Waals surface area (Å²) in [5.41, 5.74) is 0. The van der Waals surface area contributed by atoms with Crippen molar-refractivity contribution < 1.29 is 20.1 Å². The van der Waals surface area contributed by atoms with Crippen LogP contribution in [0.3, 0.4) is 0 Å². The average Bonchev–Trinajstić information content (AvgIpc) is 2.94. The van der Waals surface area contributed by atoms with Gasteiger partial charge in [0.1, 0.15) is 6.10 Å². The molecule has 0 aromatic heterocycles. The van der Waals surface area contributed by atoms with Crippen molar-refractivity contribution in [3.05, 3.63) is 0 Å². The van der Waals surface area contributed by atoms with Gasteiger partial charge < -0.3 is 20.6 Å². The van der Waals surface area contributed by atoms with E-state index in [1.54, 1.807) is 0 Å². The Morgan fingerprint density at radius 1 is 0.538 bits per heavy atom. The minimum absolute atomic E-state index is 0.145. The maximum Gasteiger partial charge on any atom is 0.220 e. The number of hydrogen-bond acceptors (Lipinski definition) is 4. The molecule has 0 aliphatic carbocycles. The molecule has 1 amide bonds. The molecule has 0 rings (SSSR count). The van der Waals surface area contributed by atoms with Gasteiger partial charge in [0.25, 0.3) is 0 Å². The van der Waals surface area contributed by atoms with E-state index >= 15 is 0 Å². The molecule has 5 heteroatoms. The maximum absolute atomic E-state index is 12.3. The van der Waals surface area contributed by atoms with E-state index in [9.17, 15) is 20.1 Å². The SMILES string of the molecule is CCCCCCCCCCCCCCC[C@@H](O)[C@@H](O)[C@H](CO)NC(=O)CCCCCCCCCCCCCC. The Hall–Kier alpha value is -0.650. The lowest BCUT2D eigenvalue weighted by atomic mass is 9.99. The van der Waals surface area contributed by atoms with Crippen LogP contribution in [0.25, 0.3) is 0 Å². The zero-order valence-corrected chi connectivity index (χ0v) is 26.3. The first-order valence-electron chi connectivity index (χ1n) is 17.3. The van der Waals surface area contributed by atoms with Gasteiger partial charge in [-0.1, -0.05) is 168 Å². The molecule has 0 saturated carbocycles. The topological polar surface area (TPSA) is 89.8 Å². The van der Waals surface area contributed by atoms with E-state index in [-0.39, 0.29) is 12.5 Å². The van der Waals surface area contributed by atoms with Crippen molar-refractivity contribution in [3.63, 3.8) is 0 Å². The summed E-state index contributed by atoms with van der Waals surface area (Å²) in [5.74, 6) is -0.145. The van der Waals surface area contributed by atoms with E-state index in [0.29, 0.717) is 12.8 Å². The number of aliphatic hydroxyl groups excluding tert-OH is 3. The van der Waals surface area contributed by atoms with Crippen molar-refractivity contribution in [2.75, 3.05) is 6.61 Å². The fourth-order valence-electron chi connectivity index (χ4n) is 5.45. The number of carbonyl (C=O) groups is 1. The second-order valence-corrected chi connectivity index (χ2v) is 12.1. The van der Waals surface area contributed by atoms with Crippen LogP contribution in [0.2, 0.25) is 0 Å². The Bertz CT molecular complexity index is 502. The van der Waals surface area contributed by atoms with Crippen LogP contribution >= 0.6 is 0 Å². The molecule has 0 saturated heterocycles. The second kappa shape index (κ2) is 30.3. The predicted octanol–water partition coefficient (Wildman–Crippen LogP) is 8.76. The van der Waals surface area contributed by atoms with Gasteiger partial charge in [0.05, 0.1) is 18.8 Å². The summed E-state index contributed by atoms with van der Waals surface area (Å²) in [6.45, 7) is 4.15. The maximum atomic E-state index is 12.3. The minimum atomic E-state index is -1.13. The second-order valence-electron chi connectivity index (χ2n) is 12.1. The van der Waals surface area contributed by atoms with Gasteiger partial charge in [-0.15, -0.1) is 0 Å². The lowest BCUT2D eigenvalue weighted by molar-refractivity contribution is -0.124. The summed E-state index contributed by atoms with van der Waals surface area (Å²) in [6.07, 6.45) is 30.4. The number of hydrogen-bond donors (Lipinski definition) is 4. The van der Waals surface area contributed by atoms with Crippen LogP contribution in [-0.4, -0.2) is 46.1 Å². The monoisotopic (exact) mass is 556 g/mol. The van der Waals surface area contributed by atoms with E-state index < -0.39 is 18.2 Å². The number of carbonyl (C=O) groups excluding carboxylic acids is 1. The molecule has 0 aliphatic rings. The zero-order chi connectivity index (χ0) is 28.8. The van der Waals surface area contributed by atoms with E-state index in [2.05, 4.69) is 19.2 Å². The molecular weight excluding hydrogens is 486 g/mol. The molecule has 39 heavy (non-hydrogen) atoms. The molecule has 5 nitrogen and oxygen atoms in total. The first-order valence-corrected chi connectivity index (χ1v) is 17.3.